The van der Waals surface area contributed by atoms with Crippen molar-refractivity contribution in [2.45, 2.75) is 13.0 Å². The molecular formula is C12H16FN3O. The quantitative estimate of drug-likeness (QED) is 0.731. The van der Waals surface area contributed by atoms with Crippen molar-refractivity contribution in [2.75, 3.05) is 18.4 Å². The van der Waals surface area contributed by atoms with E-state index < -0.39 is 0 Å². The molecule has 5 heteroatoms. The van der Waals surface area contributed by atoms with Gasteiger partial charge in [0.25, 0.3) is 0 Å². The summed E-state index contributed by atoms with van der Waals surface area (Å²) in [6, 6.07) is 5.67. The fraction of sp³-hybridized carbons (Fsp3) is 0.417. The third-order valence-corrected chi connectivity index (χ3v) is 2.92. The van der Waals surface area contributed by atoms with E-state index in [9.17, 15) is 9.18 Å². The number of halogens is 1. The minimum atomic E-state index is -0.362. The summed E-state index contributed by atoms with van der Waals surface area (Å²) in [6.07, 6.45) is 0. The topological polar surface area (TPSA) is 53.2 Å². The summed E-state index contributed by atoms with van der Waals surface area (Å²) >= 11 is 0. The van der Waals surface area contributed by atoms with Gasteiger partial charge in [-0.15, -0.1) is 0 Å². The van der Waals surface area contributed by atoms with E-state index in [4.69, 9.17) is 0 Å². The molecule has 92 valence electrons. The summed E-state index contributed by atoms with van der Waals surface area (Å²) in [5, 5.41) is 8.67. The zero-order valence-corrected chi connectivity index (χ0v) is 9.66. The predicted octanol–water partition coefficient (Wildman–Crippen LogP) is 1.56. The third-order valence-electron chi connectivity index (χ3n) is 2.92. The second-order valence-corrected chi connectivity index (χ2v) is 4.35. The zero-order chi connectivity index (χ0) is 12.3. The number of nitrogens with one attached hydrogen (secondary N) is 3. The molecule has 4 nitrogen and oxygen atoms in total. The summed E-state index contributed by atoms with van der Waals surface area (Å²) < 4.78 is 12.9. The van der Waals surface area contributed by atoms with Crippen LogP contribution in [0.4, 0.5) is 14.9 Å². The highest BCUT2D eigenvalue weighted by molar-refractivity contribution is 5.89. The van der Waals surface area contributed by atoms with Crippen molar-refractivity contribution in [3.63, 3.8) is 0 Å². The van der Waals surface area contributed by atoms with Crippen molar-refractivity contribution in [3.8, 4) is 0 Å². The lowest BCUT2D eigenvalue weighted by Gasteiger charge is -2.16. The van der Waals surface area contributed by atoms with Gasteiger partial charge < -0.3 is 16.0 Å². The first-order valence-corrected chi connectivity index (χ1v) is 5.69. The standard InChI is InChI=1S/C12H16FN3O/c1-8-6-14-7-11(8)16-12(17)15-10-4-2-3-9(13)5-10/h2-5,8,11,14H,6-7H2,1H3,(H2,15,16,17). The van der Waals surface area contributed by atoms with Crippen LogP contribution in [0.2, 0.25) is 0 Å². The Balaban J connectivity index is 1.89. The fourth-order valence-electron chi connectivity index (χ4n) is 1.91. The first kappa shape index (κ1) is 11.9. The Morgan fingerprint density at radius 1 is 1.47 bits per heavy atom. The molecular weight excluding hydrogens is 221 g/mol. The van der Waals surface area contributed by atoms with Crippen LogP contribution in [0.5, 0.6) is 0 Å². The average molecular weight is 237 g/mol. The molecule has 1 saturated heterocycles. The minimum absolute atomic E-state index is 0.128. The van der Waals surface area contributed by atoms with Gasteiger partial charge in [0.15, 0.2) is 0 Å². The molecule has 0 aromatic heterocycles. The van der Waals surface area contributed by atoms with E-state index in [0.717, 1.165) is 13.1 Å². The lowest BCUT2D eigenvalue weighted by Crippen LogP contribution is -2.41. The Hall–Kier alpha value is -1.62. The van der Waals surface area contributed by atoms with Crippen LogP contribution in [-0.2, 0) is 0 Å². The Labute approximate surface area is 99.6 Å². The molecule has 0 radical (unpaired) electrons. The lowest BCUT2D eigenvalue weighted by molar-refractivity contribution is 0.247. The Morgan fingerprint density at radius 3 is 2.94 bits per heavy atom. The molecule has 1 aromatic carbocycles. The van der Waals surface area contributed by atoms with Crippen molar-refractivity contribution in [2.24, 2.45) is 5.92 Å². The van der Waals surface area contributed by atoms with E-state index in [1.54, 1.807) is 12.1 Å². The maximum atomic E-state index is 12.9. The fourth-order valence-corrected chi connectivity index (χ4v) is 1.91. The van der Waals surface area contributed by atoms with Crippen LogP contribution in [-0.4, -0.2) is 25.2 Å². The Bertz CT molecular complexity index is 410. The largest absolute Gasteiger partial charge is 0.334 e. The highest BCUT2D eigenvalue weighted by atomic mass is 19.1. The van der Waals surface area contributed by atoms with Crippen LogP contribution in [0.25, 0.3) is 0 Å². The summed E-state index contributed by atoms with van der Waals surface area (Å²) in [4.78, 5) is 11.7. The molecule has 2 rings (SSSR count). The summed E-state index contributed by atoms with van der Waals surface area (Å²) in [5.74, 6) is 0.0481. The predicted molar refractivity (Wildman–Crippen MR) is 64.4 cm³/mol. The van der Waals surface area contributed by atoms with E-state index >= 15 is 0 Å². The average Bonchev–Trinajstić information content (AvgIpc) is 2.64. The number of benzene rings is 1. The maximum absolute atomic E-state index is 12.9. The minimum Gasteiger partial charge on any atom is -0.334 e. The van der Waals surface area contributed by atoms with Gasteiger partial charge in [0.1, 0.15) is 5.82 Å². The molecule has 0 bridgehead atoms. The van der Waals surface area contributed by atoms with Crippen molar-refractivity contribution < 1.29 is 9.18 Å². The van der Waals surface area contributed by atoms with Gasteiger partial charge in [-0.3, -0.25) is 0 Å². The van der Waals surface area contributed by atoms with Crippen molar-refractivity contribution >= 4 is 11.7 Å². The Kier molecular flexibility index (Phi) is 3.58. The zero-order valence-electron chi connectivity index (χ0n) is 9.66. The van der Waals surface area contributed by atoms with Crippen LogP contribution < -0.4 is 16.0 Å². The molecule has 3 N–H and O–H groups in total. The molecule has 1 aliphatic heterocycles. The molecule has 1 aromatic rings. The number of rotatable bonds is 2. The second kappa shape index (κ2) is 5.14. The monoisotopic (exact) mass is 237 g/mol. The summed E-state index contributed by atoms with van der Waals surface area (Å²) in [5.41, 5.74) is 0.459. The van der Waals surface area contributed by atoms with Crippen LogP contribution in [0.1, 0.15) is 6.92 Å². The van der Waals surface area contributed by atoms with E-state index in [-0.39, 0.29) is 17.9 Å². The SMILES string of the molecule is CC1CNCC1NC(=O)Nc1cccc(F)c1. The van der Waals surface area contributed by atoms with Gasteiger partial charge in [-0.25, -0.2) is 9.18 Å². The molecule has 1 heterocycles. The third kappa shape index (κ3) is 3.17. The van der Waals surface area contributed by atoms with Gasteiger partial charge in [-0.1, -0.05) is 13.0 Å². The summed E-state index contributed by atoms with van der Waals surface area (Å²) in [6.45, 7) is 3.76. The van der Waals surface area contributed by atoms with Crippen LogP contribution in [0, 0.1) is 11.7 Å². The molecule has 2 unspecified atom stereocenters. The first-order chi connectivity index (χ1) is 8.15. The number of carbonyl (C=O) groups excluding carboxylic acids is 1. The number of hydrogen-bond donors (Lipinski definition) is 3. The molecule has 2 amide bonds. The van der Waals surface area contributed by atoms with Crippen LogP contribution in [0.15, 0.2) is 24.3 Å². The van der Waals surface area contributed by atoms with Gasteiger partial charge in [0.2, 0.25) is 0 Å². The van der Waals surface area contributed by atoms with Gasteiger partial charge >= 0.3 is 6.03 Å². The molecule has 1 fully saturated rings. The van der Waals surface area contributed by atoms with Gasteiger partial charge in [0.05, 0.1) is 0 Å². The van der Waals surface area contributed by atoms with E-state index in [0.29, 0.717) is 11.6 Å². The lowest BCUT2D eigenvalue weighted by atomic mass is 10.1. The van der Waals surface area contributed by atoms with Crippen LogP contribution >= 0.6 is 0 Å². The first-order valence-electron chi connectivity index (χ1n) is 5.69. The van der Waals surface area contributed by atoms with Crippen LogP contribution in [0.3, 0.4) is 0 Å². The van der Waals surface area contributed by atoms with E-state index in [1.807, 2.05) is 0 Å². The molecule has 1 aliphatic rings. The highest BCUT2D eigenvalue weighted by Gasteiger charge is 2.24. The molecule has 0 aliphatic carbocycles. The number of urea groups is 1. The molecule has 0 spiro atoms. The Morgan fingerprint density at radius 2 is 2.29 bits per heavy atom. The van der Waals surface area contributed by atoms with Gasteiger partial charge in [-0.05, 0) is 30.7 Å². The number of hydrogen-bond acceptors (Lipinski definition) is 2. The second-order valence-electron chi connectivity index (χ2n) is 4.35. The smallest absolute Gasteiger partial charge is 0.319 e. The van der Waals surface area contributed by atoms with Gasteiger partial charge in [-0.2, -0.15) is 0 Å². The highest BCUT2D eigenvalue weighted by Crippen LogP contribution is 2.10. The van der Waals surface area contributed by atoms with E-state index in [1.165, 1.54) is 12.1 Å². The van der Waals surface area contributed by atoms with E-state index in [2.05, 4.69) is 22.9 Å². The van der Waals surface area contributed by atoms with Crippen molar-refractivity contribution in [1.82, 2.24) is 10.6 Å². The molecule has 2 atom stereocenters. The number of amides is 2. The molecule has 17 heavy (non-hydrogen) atoms. The van der Waals surface area contributed by atoms with Crippen molar-refractivity contribution in [1.29, 1.82) is 0 Å². The number of anilines is 1. The normalized spacial score (nSPS) is 23.4. The summed E-state index contributed by atoms with van der Waals surface area (Å²) in [7, 11) is 0. The number of carbonyl (C=O) groups is 1. The molecule has 0 saturated carbocycles. The van der Waals surface area contributed by atoms with Crippen molar-refractivity contribution in [3.05, 3.63) is 30.1 Å². The van der Waals surface area contributed by atoms with Gasteiger partial charge in [0, 0.05) is 18.3 Å². The maximum Gasteiger partial charge on any atom is 0.319 e.